The van der Waals surface area contributed by atoms with Crippen LogP contribution in [0.15, 0.2) is 5.11 Å². The van der Waals surface area contributed by atoms with Crippen LogP contribution in [0.5, 0.6) is 0 Å². The highest BCUT2D eigenvalue weighted by atomic mass is 32.2. The molecule has 0 fully saturated rings. The number of rotatable bonds is 5. The number of hydrogen-bond donors (Lipinski definition) is 1. The van der Waals surface area contributed by atoms with Gasteiger partial charge in [-0.15, -0.1) is 0 Å². The Labute approximate surface area is 67.2 Å². The Morgan fingerprint density at radius 1 is 1.58 bits per heavy atom. The molecule has 0 saturated heterocycles. The first kappa shape index (κ1) is 11.1. The van der Waals surface area contributed by atoms with Crippen molar-refractivity contribution in [1.82, 2.24) is 4.72 Å². The summed E-state index contributed by atoms with van der Waals surface area (Å²) in [6, 6.07) is 0. The van der Waals surface area contributed by atoms with E-state index in [4.69, 9.17) is 5.53 Å². The molecule has 0 aliphatic carbocycles. The Hall–Kier alpha value is -0.920. The smallest absolute Gasteiger partial charge is 0.210 e. The molecule has 70 valence electrons. The Bertz CT molecular complexity index is 270. The highest BCUT2D eigenvalue weighted by Gasteiger charge is 2.22. The van der Waals surface area contributed by atoms with Gasteiger partial charge in [-0.25, -0.2) is 13.1 Å². The molecule has 0 unspecified atom stereocenters. The molecule has 0 aromatic carbocycles. The van der Waals surface area contributed by atoms with Gasteiger partial charge in [0.15, 0.2) is 0 Å². The minimum absolute atomic E-state index is 0.192. The summed E-state index contributed by atoms with van der Waals surface area (Å²) >= 11 is 0. The molecule has 0 bridgehead atoms. The van der Waals surface area contributed by atoms with Gasteiger partial charge in [-0.05, 0) is 5.53 Å². The maximum absolute atomic E-state index is 11.6. The van der Waals surface area contributed by atoms with Crippen LogP contribution in [-0.2, 0) is 10.0 Å². The van der Waals surface area contributed by atoms with E-state index < -0.39 is 15.8 Å². The van der Waals surface area contributed by atoms with E-state index >= 15 is 0 Å². The zero-order valence-electron chi connectivity index (χ0n) is 5.81. The Morgan fingerprint density at radius 3 is 2.58 bits per heavy atom. The van der Waals surface area contributed by atoms with Crippen molar-refractivity contribution in [2.45, 2.75) is 5.76 Å². The summed E-state index contributed by atoms with van der Waals surface area (Å²) in [6.45, 7) is -0.515. The largest absolute Gasteiger partial charge is 0.350 e. The fourth-order valence-corrected chi connectivity index (χ4v) is 0.847. The molecular weight excluding hydrogens is 194 g/mol. The van der Waals surface area contributed by atoms with Crippen LogP contribution in [0.4, 0.5) is 8.78 Å². The molecular formula is C3H6F2N4O2S. The average Bonchev–Trinajstić information content (AvgIpc) is 1.98. The van der Waals surface area contributed by atoms with Crippen LogP contribution in [0.2, 0.25) is 0 Å². The summed E-state index contributed by atoms with van der Waals surface area (Å²) in [6.07, 6.45) is 0. The van der Waals surface area contributed by atoms with Crippen LogP contribution in [0.3, 0.4) is 0 Å². The maximum Gasteiger partial charge on any atom is 0.350 e. The number of halogens is 2. The summed E-state index contributed by atoms with van der Waals surface area (Å²) in [5.74, 6) is -3.46. The Morgan fingerprint density at radius 2 is 2.17 bits per heavy atom. The minimum atomic E-state index is -4.55. The molecule has 6 nitrogen and oxygen atoms in total. The number of hydrogen-bond acceptors (Lipinski definition) is 3. The molecule has 0 radical (unpaired) electrons. The van der Waals surface area contributed by atoms with Crippen LogP contribution >= 0.6 is 0 Å². The van der Waals surface area contributed by atoms with E-state index in [9.17, 15) is 17.2 Å². The van der Waals surface area contributed by atoms with Crippen molar-refractivity contribution in [1.29, 1.82) is 0 Å². The van der Waals surface area contributed by atoms with E-state index in [1.165, 1.54) is 0 Å². The molecule has 0 amide bonds. The number of nitrogens with one attached hydrogen (secondary N) is 1. The SMILES string of the molecule is [N-]=[N+]=NCCNS(=O)(=O)C(F)F. The van der Waals surface area contributed by atoms with E-state index in [1.807, 2.05) is 0 Å². The predicted octanol–water partition coefficient (Wildman–Crippen LogP) is 0.439. The quantitative estimate of drug-likeness (QED) is 0.301. The van der Waals surface area contributed by atoms with Gasteiger partial charge in [-0.3, -0.25) is 0 Å². The van der Waals surface area contributed by atoms with Gasteiger partial charge in [-0.2, -0.15) is 8.78 Å². The fraction of sp³-hybridized carbons (Fsp3) is 1.00. The normalized spacial score (nSPS) is 11.2. The van der Waals surface area contributed by atoms with Gasteiger partial charge >= 0.3 is 5.76 Å². The zero-order valence-corrected chi connectivity index (χ0v) is 6.63. The third-order valence-electron chi connectivity index (χ3n) is 0.813. The third-order valence-corrected chi connectivity index (χ3v) is 1.89. The van der Waals surface area contributed by atoms with Crippen LogP contribution in [0.25, 0.3) is 10.4 Å². The highest BCUT2D eigenvalue weighted by molar-refractivity contribution is 7.89. The minimum Gasteiger partial charge on any atom is -0.210 e. The second-order valence-electron chi connectivity index (χ2n) is 1.65. The molecule has 0 aliphatic heterocycles. The molecule has 12 heavy (non-hydrogen) atoms. The first-order chi connectivity index (χ1) is 5.50. The van der Waals surface area contributed by atoms with Crippen LogP contribution in [-0.4, -0.2) is 27.3 Å². The molecule has 1 N–H and O–H groups in total. The van der Waals surface area contributed by atoms with Crippen molar-refractivity contribution in [2.24, 2.45) is 5.11 Å². The van der Waals surface area contributed by atoms with Crippen molar-refractivity contribution < 1.29 is 17.2 Å². The molecule has 0 heterocycles. The molecule has 0 aromatic heterocycles. The van der Waals surface area contributed by atoms with Crippen LogP contribution < -0.4 is 4.72 Å². The molecule has 0 spiro atoms. The van der Waals surface area contributed by atoms with Crippen LogP contribution in [0.1, 0.15) is 0 Å². The topological polar surface area (TPSA) is 94.9 Å². The first-order valence-electron chi connectivity index (χ1n) is 2.78. The Kier molecular flexibility index (Phi) is 4.49. The van der Waals surface area contributed by atoms with Gasteiger partial charge in [0.2, 0.25) is 0 Å². The lowest BCUT2D eigenvalue weighted by Gasteiger charge is -2.01. The van der Waals surface area contributed by atoms with E-state index in [0.717, 1.165) is 0 Å². The highest BCUT2D eigenvalue weighted by Crippen LogP contribution is 2.00. The lowest BCUT2D eigenvalue weighted by molar-refractivity contribution is 0.232. The van der Waals surface area contributed by atoms with Crippen molar-refractivity contribution in [2.75, 3.05) is 13.1 Å². The van der Waals surface area contributed by atoms with Crippen molar-refractivity contribution in [3.63, 3.8) is 0 Å². The van der Waals surface area contributed by atoms with Gasteiger partial charge in [0, 0.05) is 18.0 Å². The lowest BCUT2D eigenvalue weighted by Crippen LogP contribution is -2.31. The molecule has 0 aromatic rings. The molecule has 9 heteroatoms. The summed E-state index contributed by atoms with van der Waals surface area (Å²) in [5.41, 5.74) is 7.74. The van der Waals surface area contributed by atoms with Gasteiger partial charge < -0.3 is 0 Å². The molecule has 0 atom stereocenters. The fourth-order valence-electron chi connectivity index (χ4n) is 0.346. The zero-order chi connectivity index (χ0) is 9.61. The van der Waals surface area contributed by atoms with Crippen molar-refractivity contribution >= 4 is 10.0 Å². The first-order valence-corrected chi connectivity index (χ1v) is 4.33. The van der Waals surface area contributed by atoms with Crippen LogP contribution in [0, 0.1) is 0 Å². The number of sulfonamides is 1. The van der Waals surface area contributed by atoms with E-state index in [-0.39, 0.29) is 13.1 Å². The van der Waals surface area contributed by atoms with E-state index in [2.05, 4.69) is 10.0 Å². The second kappa shape index (κ2) is 4.86. The van der Waals surface area contributed by atoms with Gasteiger partial charge in [-0.1, -0.05) is 5.11 Å². The molecule has 0 saturated carbocycles. The maximum atomic E-state index is 11.6. The lowest BCUT2D eigenvalue weighted by atomic mass is 10.7. The Balaban J connectivity index is 3.86. The van der Waals surface area contributed by atoms with Crippen molar-refractivity contribution in [3.8, 4) is 0 Å². The van der Waals surface area contributed by atoms with E-state index in [1.54, 1.807) is 4.72 Å². The van der Waals surface area contributed by atoms with Gasteiger partial charge in [0.1, 0.15) is 0 Å². The number of azide groups is 1. The number of nitrogens with zero attached hydrogens (tertiary/aromatic N) is 3. The third kappa shape index (κ3) is 4.06. The average molecular weight is 200 g/mol. The summed E-state index contributed by atoms with van der Waals surface area (Å²) in [4.78, 5) is 2.30. The summed E-state index contributed by atoms with van der Waals surface area (Å²) in [5, 5.41) is 2.94. The number of alkyl halides is 2. The van der Waals surface area contributed by atoms with Crippen molar-refractivity contribution in [3.05, 3.63) is 10.4 Å². The molecule has 0 rings (SSSR count). The van der Waals surface area contributed by atoms with Gasteiger partial charge in [0.05, 0.1) is 0 Å². The summed E-state index contributed by atoms with van der Waals surface area (Å²) < 4.78 is 45.3. The summed E-state index contributed by atoms with van der Waals surface area (Å²) in [7, 11) is -4.55. The van der Waals surface area contributed by atoms with E-state index in [0.29, 0.717) is 0 Å². The molecule has 0 aliphatic rings. The second-order valence-corrected chi connectivity index (χ2v) is 3.39. The van der Waals surface area contributed by atoms with Gasteiger partial charge in [0.25, 0.3) is 10.0 Å². The monoisotopic (exact) mass is 200 g/mol. The standard InChI is InChI=1S/C3H6F2N4O2S/c4-3(5)12(10,11)8-2-1-7-9-6/h3,8H,1-2H2. The predicted molar refractivity (Wildman–Crippen MR) is 36.9 cm³/mol.